The van der Waals surface area contributed by atoms with Gasteiger partial charge in [-0.3, -0.25) is 14.6 Å². The number of para-hydroxylation sites is 1. The van der Waals surface area contributed by atoms with Crippen LogP contribution in [0.4, 0.5) is 5.69 Å². The minimum atomic E-state index is -0.373. The van der Waals surface area contributed by atoms with Crippen LogP contribution in [0.25, 0.3) is 16.6 Å². The monoisotopic (exact) mass is 397 g/mol. The van der Waals surface area contributed by atoms with Crippen molar-refractivity contribution in [2.75, 3.05) is 0 Å². The number of pyridine rings is 2. The third-order valence-corrected chi connectivity index (χ3v) is 4.82. The summed E-state index contributed by atoms with van der Waals surface area (Å²) in [4.78, 5) is 33.8. The molecule has 148 valence electrons. The van der Waals surface area contributed by atoms with Crippen molar-refractivity contribution in [3.05, 3.63) is 93.9 Å². The highest BCUT2D eigenvalue weighted by atomic mass is 16.3. The molecule has 0 aliphatic heterocycles. The van der Waals surface area contributed by atoms with E-state index in [4.69, 9.17) is 0 Å². The van der Waals surface area contributed by atoms with Gasteiger partial charge in [-0.1, -0.05) is 36.4 Å². The van der Waals surface area contributed by atoms with Gasteiger partial charge in [0.2, 0.25) is 5.88 Å². The molecule has 2 aromatic heterocycles. The van der Waals surface area contributed by atoms with Crippen LogP contribution in [-0.2, 0) is 0 Å². The topological polar surface area (TPSA) is 84.5 Å². The lowest BCUT2D eigenvalue weighted by Crippen LogP contribution is -2.21. The molecule has 0 aliphatic carbocycles. The molecule has 0 aliphatic rings. The van der Waals surface area contributed by atoms with E-state index >= 15 is 0 Å². The first-order valence-corrected chi connectivity index (χ1v) is 9.42. The number of fused-ring (bicyclic) bond motifs is 1. The molecule has 1 N–H and O–H groups in total. The summed E-state index contributed by atoms with van der Waals surface area (Å²) in [6.07, 6.45) is 1.48. The molecule has 6 nitrogen and oxygen atoms in total. The molecule has 0 saturated carbocycles. The molecule has 0 bridgehead atoms. The number of hydrogen-bond acceptors (Lipinski definition) is 5. The van der Waals surface area contributed by atoms with Crippen LogP contribution in [0.3, 0.4) is 0 Å². The Kier molecular flexibility index (Phi) is 4.98. The molecular formula is C24H19N3O3. The lowest BCUT2D eigenvalue weighted by molar-refractivity contribution is 0.101. The van der Waals surface area contributed by atoms with Gasteiger partial charge < -0.3 is 5.11 Å². The van der Waals surface area contributed by atoms with Crippen LogP contribution >= 0.6 is 0 Å². The van der Waals surface area contributed by atoms with Crippen molar-refractivity contribution in [3.63, 3.8) is 0 Å². The summed E-state index contributed by atoms with van der Waals surface area (Å²) in [6.45, 7) is 3.29. The van der Waals surface area contributed by atoms with Crippen LogP contribution in [0.2, 0.25) is 0 Å². The Morgan fingerprint density at radius 2 is 1.70 bits per heavy atom. The number of aryl methyl sites for hydroxylation is 1. The summed E-state index contributed by atoms with van der Waals surface area (Å²) in [5.74, 6) is -0.0475. The van der Waals surface area contributed by atoms with Crippen LogP contribution < -0.4 is 5.56 Å². The zero-order valence-corrected chi connectivity index (χ0v) is 16.5. The van der Waals surface area contributed by atoms with Gasteiger partial charge in [-0.05, 0) is 44.2 Å². The Morgan fingerprint density at radius 3 is 2.43 bits per heavy atom. The molecular weight excluding hydrogens is 378 g/mol. The molecule has 0 fully saturated rings. The first-order valence-electron chi connectivity index (χ1n) is 9.42. The van der Waals surface area contributed by atoms with Crippen molar-refractivity contribution in [3.8, 4) is 11.7 Å². The number of ketones is 1. The van der Waals surface area contributed by atoms with E-state index in [-0.39, 0.29) is 17.2 Å². The summed E-state index contributed by atoms with van der Waals surface area (Å²) >= 11 is 0. The third kappa shape index (κ3) is 3.39. The van der Waals surface area contributed by atoms with Crippen molar-refractivity contribution >= 4 is 28.5 Å². The predicted octanol–water partition coefficient (Wildman–Crippen LogP) is 4.35. The number of aliphatic imine (C=N–C) groups is 1. The van der Waals surface area contributed by atoms with Gasteiger partial charge in [0.25, 0.3) is 5.56 Å². The number of nitrogens with zero attached hydrogens (tertiary/aromatic N) is 3. The average Bonchev–Trinajstić information content (AvgIpc) is 2.74. The number of rotatable bonds is 4. The number of aromatic hydroxyl groups is 1. The molecule has 0 saturated heterocycles. The second-order valence-corrected chi connectivity index (χ2v) is 6.89. The summed E-state index contributed by atoms with van der Waals surface area (Å²) < 4.78 is 1.17. The van der Waals surface area contributed by atoms with Gasteiger partial charge in [0.15, 0.2) is 5.78 Å². The molecule has 0 atom stereocenters. The normalized spacial score (nSPS) is 11.3. The molecule has 6 heteroatoms. The molecule has 0 unspecified atom stereocenters. The van der Waals surface area contributed by atoms with Crippen molar-refractivity contribution < 1.29 is 9.90 Å². The van der Waals surface area contributed by atoms with Crippen molar-refractivity contribution in [2.24, 2.45) is 4.99 Å². The number of carbonyl (C=O) groups is 1. The number of Topliss-reactive ketones (excluding diaryl/α,β-unsaturated/α-hetero) is 1. The van der Waals surface area contributed by atoms with Crippen molar-refractivity contribution in [2.45, 2.75) is 13.8 Å². The summed E-state index contributed by atoms with van der Waals surface area (Å²) in [5, 5.41) is 12.0. The minimum absolute atomic E-state index is 0.106. The Labute approximate surface area is 172 Å². The summed E-state index contributed by atoms with van der Waals surface area (Å²) in [6, 6.07) is 19.2. The van der Waals surface area contributed by atoms with E-state index in [1.54, 1.807) is 60.7 Å². The maximum absolute atomic E-state index is 13.1. The Bertz CT molecular complexity index is 1370. The molecule has 0 spiro atoms. The van der Waals surface area contributed by atoms with Crippen LogP contribution in [0, 0.1) is 6.92 Å². The SMILES string of the molecule is CC(=O)c1ccccc1N=Cc1c(O)n(-c2cccc(C)n2)c(=O)c2ccccc12. The first-order chi connectivity index (χ1) is 14.5. The molecule has 4 rings (SSSR count). The zero-order valence-electron chi connectivity index (χ0n) is 16.5. The van der Waals surface area contributed by atoms with Crippen LogP contribution in [0.5, 0.6) is 5.88 Å². The van der Waals surface area contributed by atoms with E-state index in [0.717, 1.165) is 5.69 Å². The summed E-state index contributed by atoms with van der Waals surface area (Å²) in [5.41, 5.74) is 1.68. The first kappa shape index (κ1) is 19.3. The third-order valence-electron chi connectivity index (χ3n) is 4.82. The van der Waals surface area contributed by atoms with E-state index in [1.165, 1.54) is 17.7 Å². The standard InChI is InChI=1S/C24H19N3O3/c1-15-8-7-13-22(26-15)27-23(29)19-11-4-3-10-18(19)20(24(27)30)14-25-21-12-6-5-9-17(21)16(2)28/h3-14,30H,1-2H3. The fourth-order valence-electron chi connectivity index (χ4n) is 3.37. The van der Waals surface area contributed by atoms with Crippen LogP contribution in [0.1, 0.15) is 28.5 Å². The zero-order chi connectivity index (χ0) is 21.3. The maximum atomic E-state index is 13.1. The maximum Gasteiger partial charge on any atom is 0.267 e. The number of hydrogen-bond donors (Lipinski definition) is 1. The highest BCUT2D eigenvalue weighted by Gasteiger charge is 2.17. The average molecular weight is 397 g/mol. The molecule has 0 amide bonds. The van der Waals surface area contributed by atoms with Gasteiger partial charge in [0.1, 0.15) is 5.82 Å². The fourth-order valence-corrected chi connectivity index (χ4v) is 3.37. The molecule has 30 heavy (non-hydrogen) atoms. The van der Waals surface area contributed by atoms with E-state index in [9.17, 15) is 14.7 Å². The van der Waals surface area contributed by atoms with E-state index in [0.29, 0.717) is 33.4 Å². The Hall–Kier alpha value is -4.06. The highest BCUT2D eigenvalue weighted by molar-refractivity contribution is 6.04. The van der Waals surface area contributed by atoms with Gasteiger partial charge in [-0.2, -0.15) is 0 Å². The summed E-state index contributed by atoms with van der Waals surface area (Å²) in [7, 11) is 0. The van der Waals surface area contributed by atoms with Gasteiger partial charge in [0.05, 0.1) is 11.3 Å². The lowest BCUT2D eigenvalue weighted by atomic mass is 10.1. The predicted molar refractivity (Wildman–Crippen MR) is 117 cm³/mol. The second kappa shape index (κ2) is 7.75. The molecule has 0 radical (unpaired) electrons. The van der Waals surface area contributed by atoms with Crippen LogP contribution in [-0.4, -0.2) is 26.7 Å². The Balaban J connectivity index is 1.99. The van der Waals surface area contributed by atoms with Crippen molar-refractivity contribution in [1.29, 1.82) is 0 Å². The smallest absolute Gasteiger partial charge is 0.267 e. The highest BCUT2D eigenvalue weighted by Crippen LogP contribution is 2.27. The molecule has 2 heterocycles. The lowest BCUT2D eigenvalue weighted by Gasteiger charge is -2.13. The minimum Gasteiger partial charge on any atom is -0.494 e. The van der Waals surface area contributed by atoms with Gasteiger partial charge in [-0.15, -0.1) is 0 Å². The van der Waals surface area contributed by atoms with Gasteiger partial charge in [0, 0.05) is 28.2 Å². The van der Waals surface area contributed by atoms with E-state index in [2.05, 4.69) is 9.98 Å². The fraction of sp³-hybridized carbons (Fsp3) is 0.0833. The van der Waals surface area contributed by atoms with Crippen LogP contribution in [0.15, 0.2) is 76.5 Å². The van der Waals surface area contributed by atoms with Gasteiger partial charge >= 0.3 is 0 Å². The molecule has 4 aromatic rings. The number of benzene rings is 2. The number of aromatic nitrogens is 2. The Morgan fingerprint density at radius 1 is 1.00 bits per heavy atom. The van der Waals surface area contributed by atoms with Gasteiger partial charge in [-0.25, -0.2) is 9.55 Å². The largest absolute Gasteiger partial charge is 0.494 e. The molecule has 2 aromatic carbocycles. The second-order valence-electron chi connectivity index (χ2n) is 6.89. The number of carbonyl (C=O) groups excluding carboxylic acids is 1. The van der Waals surface area contributed by atoms with Crippen molar-refractivity contribution in [1.82, 2.24) is 9.55 Å². The van der Waals surface area contributed by atoms with E-state index in [1.807, 2.05) is 13.0 Å². The quantitative estimate of drug-likeness (QED) is 0.410. The van der Waals surface area contributed by atoms with E-state index < -0.39 is 0 Å².